The van der Waals surface area contributed by atoms with E-state index in [-0.39, 0.29) is 24.0 Å². The van der Waals surface area contributed by atoms with Crippen LogP contribution in [0.25, 0.3) is 0 Å². The van der Waals surface area contributed by atoms with E-state index in [0.29, 0.717) is 17.8 Å². The Bertz CT molecular complexity index is 396. The maximum atomic E-state index is 12.7. The highest BCUT2D eigenvalue weighted by atomic mass is 16.2. The van der Waals surface area contributed by atoms with Crippen LogP contribution in [0.15, 0.2) is 0 Å². The maximum Gasteiger partial charge on any atom is 0.241 e. The third kappa shape index (κ3) is 1.95. The summed E-state index contributed by atoms with van der Waals surface area (Å²) in [5.41, 5.74) is 6.30. The molecule has 0 aromatic heterocycles. The zero-order valence-electron chi connectivity index (χ0n) is 11.6. The highest BCUT2D eigenvalue weighted by Gasteiger charge is 2.48. The molecule has 0 radical (unpaired) electrons. The lowest BCUT2D eigenvalue weighted by Crippen LogP contribution is -2.52. The average Bonchev–Trinajstić information content (AvgIpc) is 3.10. The first-order valence-electron chi connectivity index (χ1n) is 7.61. The maximum absolute atomic E-state index is 12.7. The fourth-order valence-corrected chi connectivity index (χ4v) is 4.70. The van der Waals surface area contributed by atoms with Crippen molar-refractivity contribution in [3.63, 3.8) is 0 Å². The van der Waals surface area contributed by atoms with Gasteiger partial charge in [-0.15, -0.1) is 0 Å². The second-order valence-corrected chi connectivity index (χ2v) is 6.59. The van der Waals surface area contributed by atoms with E-state index in [2.05, 4.69) is 6.07 Å². The Balaban J connectivity index is 1.75. The van der Waals surface area contributed by atoms with Crippen LogP contribution in [0, 0.1) is 29.1 Å². The number of carbonyl (C=O) groups is 1. The van der Waals surface area contributed by atoms with E-state index >= 15 is 0 Å². The van der Waals surface area contributed by atoms with Crippen molar-refractivity contribution >= 4 is 5.91 Å². The lowest BCUT2D eigenvalue weighted by atomic mass is 9.89. The van der Waals surface area contributed by atoms with Gasteiger partial charge in [0, 0.05) is 6.04 Å². The van der Waals surface area contributed by atoms with Crippen molar-refractivity contribution in [2.75, 3.05) is 0 Å². The van der Waals surface area contributed by atoms with E-state index in [1.807, 2.05) is 6.92 Å². The van der Waals surface area contributed by atoms with Crippen molar-refractivity contribution in [3.05, 3.63) is 0 Å². The van der Waals surface area contributed by atoms with Gasteiger partial charge >= 0.3 is 0 Å². The molecule has 3 rings (SSSR count). The second-order valence-electron chi connectivity index (χ2n) is 6.59. The van der Waals surface area contributed by atoms with Crippen LogP contribution in [-0.4, -0.2) is 28.9 Å². The van der Waals surface area contributed by atoms with Crippen molar-refractivity contribution in [1.29, 1.82) is 5.26 Å². The first-order chi connectivity index (χ1) is 9.13. The molecular formula is C15H23N3O. The number of nitrogens with two attached hydrogens (primary N) is 1. The fraction of sp³-hybridized carbons (Fsp3) is 0.867. The predicted molar refractivity (Wildman–Crippen MR) is 71.9 cm³/mol. The summed E-state index contributed by atoms with van der Waals surface area (Å²) in [5, 5.41) is 9.18. The standard InChI is InChI=1S/C15H23N3O/c1-9-2-7-12(8-16)18(9)15(19)14(17)13-10-3-4-11(13)6-5-10/h9-14H,2-7,17H2,1H3/t9-,10?,11?,12+,13?,14+/m1/s1. The van der Waals surface area contributed by atoms with Crippen molar-refractivity contribution in [3.8, 4) is 6.07 Å². The van der Waals surface area contributed by atoms with E-state index < -0.39 is 0 Å². The molecule has 2 N–H and O–H groups in total. The van der Waals surface area contributed by atoms with Gasteiger partial charge in [-0.3, -0.25) is 4.79 Å². The molecule has 3 atom stereocenters. The number of hydrogen-bond acceptors (Lipinski definition) is 3. The molecule has 1 heterocycles. The summed E-state index contributed by atoms with van der Waals surface area (Å²) in [6, 6.07) is 1.79. The van der Waals surface area contributed by atoms with E-state index in [9.17, 15) is 10.1 Å². The third-order valence-corrected chi connectivity index (χ3v) is 5.68. The molecular weight excluding hydrogens is 238 g/mol. The largest absolute Gasteiger partial charge is 0.323 e. The Hall–Kier alpha value is -1.08. The minimum atomic E-state index is -0.378. The van der Waals surface area contributed by atoms with Crippen LogP contribution in [0.4, 0.5) is 0 Å². The van der Waals surface area contributed by atoms with E-state index in [4.69, 9.17) is 5.73 Å². The van der Waals surface area contributed by atoms with Gasteiger partial charge in [0.25, 0.3) is 0 Å². The molecule has 19 heavy (non-hydrogen) atoms. The molecule has 0 aromatic rings. The molecule has 3 aliphatic rings. The van der Waals surface area contributed by atoms with Crippen LogP contribution in [0.5, 0.6) is 0 Å². The van der Waals surface area contributed by atoms with Gasteiger partial charge in [0.2, 0.25) is 5.91 Å². The van der Waals surface area contributed by atoms with Gasteiger partial charge in [-0.1, -0.05) is 0 Å². The van der Waals surface area contributed by atoms with E-state index in [1.54, 1.807) is 4.90 Å². The van der Waals surface area contributed by atoms with Crippen molar-refractivity contribution in [1.82, 2.24) is 4.90 Å². The topological polar surface area (TPSA) is 70.1 Å². The molecule has 1 aliphatic heterocycles. The van der Waals surface area contributed by atoms with E-state index in [0.717, 1.165) is 12.8 Å². The van der Waals surface area contributed by atoms with Crippen LogP contribution >= 0.6 is 0 Å². The van der Waals surface area contributed by atoms with Gasteiger partial charge < -0.3 is 10.6 Å². The number of likely N-dealkylation sites (tertiary alicyclic amines) is 1. The molecule has 1 saturated heterocycles. The number of nitriles is 1. The summed E-state index contributed by atoms with van der Waals surface area (Å²) >= 11 is 0. The molecule has 2 saturated carbocycles. The van der Waals surface area contributed by atoms with Gasteiger partial charge in [0.15, 0.2) is 0 Å². The number of carbonyl (C=O) groups excluding carboxylic acids is 1. The molecule has 0 aromatic carbocycles. The number of nitrogens with zero attached hydrogens (tertiary/aromatic N) is 2. The molecule has 2 aliphatic carbocycles. The Kier molecular flexibility index (Phi) is 3.26. The molecule has 0 unspecified atom stereocenters. The quantitative estimate of drug-likeness (QED) is 0.821. The first kappa shape index (κ1) is 12.9. The summed E-state index contributed by atoms with van der Waals surface area (Å²) < 4.78 is 0. The predicted octanol–water partition coefficient (Wildman–Crippen LogP) is 1.65. The summed E-state index contributed by atoms with van der Waals surface area (Å²) in [7, 11) is 0. The highest BCUT2D eigenvalue weighted by molar-refractivity contribution is 5.83. The minimum absolute atomic E-state index is 0.0281. The van der Waals surface area contributed by atoms with Gasteiger partial charge in [0.1, 0.15) is 6.04 Å². The second kappa shape index (κ2) is 4.79. The van der Waals surface area contributed by atoms with Gasteiger partial charge in [-0.05, 0) is 63.2 Å². The first-order valence-corrected chi connectivity index (χ1v) is 7.61. The Morgan fingerprint density at radius 2 is 1.79 bits per heavy atom. The summed E-state index contributed by atoms with van der Waals surface area (Å²) in [5.74, 6) is 1.71. The SMILES string of the molecule is C[C@@H]1CC[C@@H](C#N)N1C(=O)[C@@H](N)C1C2CCC1CC2. The van der Waals surface area contributed by atoms with E-state index in [1.165, 1.54) is 25.7 Å². The fourth-order valence-electron chi connectivity index (χ4n) is 4.70. The van der Waals surface area contributed by atoms with Crippen LogP contribution in [0.3, 0.4) is 0 Å². The normalized spacial score (nSPS) is 42.4. The van der Waals surface area contributed by atoms with Crippen molar-refractivity contribution < 1.29 is 4.79 Å². The molecule has 1 amide bonds. The average molecular weight is 261 g/mol. The zero-order chi connectivity index (χ0) is 13.6. The van der Waals surface area contributed by atoms with Crippen molar-refractivity contribution in [2.45, 2.75) is 63.6 Å². The molecule has 4 nitrogen and oxygen atoms in total. The number of fused-ring (bicyclic) bond motifs is 2. The van der Waals surface area contributed by atoms with Gasteiger partial charge in [-0.25, -0.2) is 0 Å². The van der Waals surface area contributed by atoms with Crippen LogP contribution < -0.4 is 5.73 Å². The lowest BCUT2D eigenvalue weighted by molar-refractivity contribution is -0.136. The van der Waals surface area contributed by atoms with Crippen LogP contribution in [-0.2, 0) is 4.79 Å². The van der Waals surface area contributed by atoms with Crippen LogP contribution in [0.2, 0.25) is 0 Å². The molecule has 0 spiro atoms. The number of rotatable bonds is 2. The van der Waals surface area contributed by atoms with Crippen molar-refractivity contribution in [2.24, 2.45) is 23.5 Å². The molecule has 2 bridgehead atoms. The smallest absolute Gasteiger partial charge is 0.241 e. The summed E-state index contributed by atoms with van der Waals surface area (Å²) in [4.78, 5) is 14.4. The molecule has 104 valence electrons. The third-order valence-electron chi connectivity index (χ3n) is 5.68. The Labute approximate surface area is 114 Å². The minimum Gasteiger partial charge on any atom is -0.323 e. The Morgan fingerprint density at radius 1 is 1.21 bits per heavy atom. The Morgan fingerprint density at radius 3 is 2.32 bits per heavy atom. The monoisotopic (exact) mass is 261 g/mol. The zero-order valence-corrected chi connectivity index (χ0v) is 11.6. The van der Waals surface area contributed by atoms with Gasteiger partial charge in [-0.2, -0.15) is 5.26 Å². The van der Waals surface area contributed by atoms with Crippen LogP contribution in [0.1, 0.15) is 45.4 Å². The van der Waals surface area contributed by atoms with Gasteiger partial charge in [0.05, 0.1) is 12.1 Å². The molecule has 4 heteroatoms. The molecule has 3 fully saturated rings. The number of hydrogen-bond donors (Lipinski definition) is 1. The highest BCUT2D eigenvalue weighted by Crippen LogP contribution is 2.50. The summed E-state index contributed by atoms with van der Waals surface area (Å²) in [6.07, 6.45) is 6.70. The number of amides is 1. The lowest BCUT2D eigenvalue weighted by Gasteiger charge is -2.31. The summed E-state index contributed by atoms with van der Waals surface area (Å²) in [6.45, 7) is 2.03.